The lowest BCUT2D eigenvalue weighted by molar-refractivity contribution is -0.384. The summed E-state index contributed by atoms with van der Waals surface area (Å²) < 4.78 is 5.16. The number of carbonyl (C=O) groups excluding carboxylic acids is 2. The maximum atomic E-state index is 12.6. The lowest BCUT2D eigenvalue weighted by Gasteiger charge is -2.15. The van der Waals surface area contributed by atoms with Crippen molar-refractivity contribution in [3.05, 3.63) is 88.2 Å². The monoisotopic (exact) mass is 435 g/mol. The van der Waals surface area contributed by atoms with E-state index in [-0.39, 0.29) is 29.6 Å². The van der Waals surface area contributed by atoms with Gasteiger partial charge in [0.15, 0.2) is 6.61 Å². The van der Waals surface area contributed by atoms with Gasteiger partial charge in [0.25, 0.3) is 17.5 Å². The first-order chi connectivity index (χ1) is 15.3. The molecule has 4 N–H and O–H groups in total. The van der Waals surface area contributed by atoms with E-state index in [1.807, 2.05) is 19.1 Å². The van der Waals surface area contributed by atoms with Gasteiger partial charge in [-0.25, -0.2) is 0 Å². The first-order valence-corrected chi connectivity index (χ1v) is 9.62. The number of carbonyl (C=O) groups is 2. The van der Waals surface area contributed by atoms with Gasteiger partial charge in [0.2, 0.25) is 0 Å². The summed E-state index contributed by atoms with van der Waals surface area (Å²) in [5.74, 6) is -0.700. The minimum absolute atomic E-state index is 0.127. The van der Waals surface area contributed by atoms with Crippen LogP contribution in [0.15, 0.2) is 66.9 Å². The van der Waals surface area contributed by atoms with Crippen molar-refractivity contribution in [2.75, 3.05) is 17.2 Å². The zero-order chi connectivity index (χ0) is 23.1. The average molecular weight is 435 g/mol. The van der Waals surface area contributed by atoms with E-state index in [0.29, 0.717) is 11.4 Å². The number of hydrogen-bond acceptors (Lipinski definition) is 7. The summed E-state index contributed by atoms with van der Waals surface area (Å²) in [7, 11) is 0. The molecule has 10 heteroatoms. The van der Waals surface area contributed by atoms with Crippen LogP contribution >= 0.6 is 0 Å². The molecule has 1 atom stereocenters. The van der Waals surface area contributed by atoms with E-state index >= 15 is 0 Å². The second-order valence-corrected chi connectivity index (χ2v) is 6.84. The van der Waals surface area contributed by atoms with E-state index in [0.717, 1.165) is 5.69 Å². The van der Waals surface area contributed by atoms with Gasteiger partial charge in [-0.2, -0.15) is 0 Å². The molecule has 1 unspecified atom stereocenters. The fourth-order valence-electron chi connectivity index (χ4n) is 2.88. The minimum atomic E-state index is -0.601. The third kappa shape index (κ3) is 5.79. The number of amides is 2. The molecule has 0 fully saturated rings. The van der Waals surface area contributed by atoms with Crippen molar-refractivity contribution < 1.29 is 19.2 Å². The van der Waals surface area contributed by atoms with E-state index in [2.05, 4.69) is 15.6 Å². The number of rotatable bonds is 9. The van der Waals surface area contributed by atoms with Crippen molar-refractivity contribution in [2.24, 2.45) is 5.73 Å². The Balaban J connectivity index is 1.72. The average Bonchev–Trinajstić information content (AvgIpc) is 2.79. The van der Waals surface area contributed by atoms with E-state index < -0.39 is 16.7 Å². The molecule has 10 nitrogen and oxygen atoms in total. The molecule has 2 aromatic carbocycles. The summed E-state index contributed by atoms with van der Waals surface area (Å²) >= 11 is 0. The number of pyridine rings is 1. The van der Waals surface area contributed by atoms with Gasteiger partial charge < -0.3 is 21.1 Å². The van der Waals surface area contributed by atoms with Crippen molar-refractivity contribution in [1.82, 2.24) is 4.98 Å². The number of nitrogens with two attached hydrogens (primary N) is 1. The topological polar surface area (TPSA) is 149 Å². The van der Waals surface area contributed by atoms with Crippen LogP contribution < -0.4 is 21.1 Å². The normalized spacial score (nSPS) is 11.3. The van der Waals surface area contributed by atoms with E-state index in [1.54, 1.807) is 36.5 Å². The van der Waals surface area contributed by atoms with Gasteiger partial charge >= 0.3 is 0 Å². The number of primary amides is 1. The van der Waals surface area contributed by atoms with Crippen molar-refractivity contribution >= 4 is 28.9 Å². The first-order valence-electron chi connectivity index (χ1n) is 9.62. The molecule has 0 saturated heterocycles. The highest BCUT2D eigenvalue weighted by Gasteiger charge is 2.20. The van der Waals surface area contributed by atoms with Crippen LogP contribution in [0.2, 0.25) is 0 Å². The number of benzene rings is 2. The molecule has 1 heterocycles. The Morgan fingerprint density at radius 1 is 1.16 bits per heavy atom. The van der Waals surface area contributed by atoms with Gasteiger partial charge in [-0.05, 0) is 55.5 Å². The zero-order valence-corrected chi connectivity index (χ0v) is 17.1. The van der Waals surface area contributed by atoms with Gasteiger partial charge in [0, 0.05) is 23.5 Å². The van der Waals surface area contributed by atoms with Gasteiger partial charge in [-0.15, -0.1) is 0 Å². The summed E-state index contributed by atoms with van der Waals surface area (Å²) in [4.78, 5) is 38.6. The molecule has 0 radical (unpaired) electrons. The molecule has 0 saturated carbocycles. The Morgan fingerprint density at radius 3 is 2.53 bits per heavy atom. The predicted octanol–water partition coefficient (Wildman–Crippen LogP) is 3.28. The maximum Gasteiger partial charge on any atom is 0.293 e. The highest BCUT2D eigenvalue weighted by atomic mass is 16.6. The third-order valence-corrected chi connectivity index (χ3v) is 4.45. The molecule has 0 aliphatic rings. The predicted molar refractivity (Wildman–Crippen MR) is 118 cm³/mol. The molecule has 0 aliphatic heterocycles. The Morgan fingerprint density at radius 2 is 1.91 bits per heavy atom. The quantitative estimate of drug-likeness (QED) is 0.345. The fraction of sp³-hybridized carbons (Fsp3) is 0.136. The van der Waals surface area contributed by atoms with Crippen LogP contribution in [0.3, 0.4) is 0 Å². The summed E-state index contributed by atoms with van der Waals surface area (Å²) in [6.45, 7) is 1.58. The zero-order valence-electron chi connectivity index (χ0n) is 17.1. The van der Waals surface area contributed by atoms with Gasteiger partial charge in [-0.3, -0.25) is 24.7 Å². The minimum Gasteiger partial charge on any atom is -0.484 e. The molecule has 0 aliphatic carbocycles. The van der Waals surface area contributed by atoms with Crippen LogP contribution in [-0.4, -0.2) is 28.3 Å². The van der Waals surface area contributed by atoms with E-state index in [1.165, 1.54) is 18.2 Å². The maximum absolute atomic E-state index is 12.6. The molecule has 2 amide bonds. The van der Waals surface area contributed by atoms with Crippen molar-refractivity contribution in [1.29, 1.82) is 0 Å². The summed E-state index contributed by atoms with van der Waals surface area (Å²) in [5, 5.41) is 17.3. The molecule has 3 aromatic rings. The van der Waals surface area contributed by atoms with Gasteiger partial charge in [0.05, 0.1) is 16.7 Å². The Bertz CT molecular complexity index is 1120. The van der Waals surface area contributed by atoms with Crippen LogP contribution in [0.4, 0.5) is 17.1 Å². The van der Waals surface area contributed by atoms with Gasteiger partial charge in [0.1, 0.15) is 11.4 Å². The number of aromatic nitrogens is 1. The molecule has 164 valence electrons. The standard InChI is InChI=1S/C22H21N5O5/c1-14(18-4-2-3-11-24-18)25-19-10-5-15(12-20(19)27(30)31)22(29)26-16-6-8-17(9-7-16)32-13-21(23)28/h2-12,14,25H,13H2,1H3,(H2,23,28)(H,26,29). The molecule has 1 aromatic heterocycles. The van der Waals surface area contributed by atoms with Crippen molar-refractivity contribution in [2.45, 2.75) is 13.0 Å². The number of ether oxygens (including phenoxy) is 1. The third-order valence-electron chi connectivity index (χ3n) is 4.45. The summed E-state index contributed by atoms with van der Waals surface area (Å²) in [6, 6.07) is 15.6. The van der Waals surface area contributed by atoms with Crippen LogP contribution in [0, 0.1) is 10.1 Å². The number of nitro benzene ring substituents is 1. The molecular formula is C22H21N5O5. The SMILES string of the molecule is CC(Nc1ccc(C(=O)Nc2ccc(OCC(N)=O)cc2)cc1[N+](=O)[O-])c1ccccn1. The Hall–Kier alpha value is -4.47. The van der Waals surface area contributed by atoms with Crippen molar-refractivity contribution in [3.63, 3.8) is 0 Å². The fourth-order valence-corrected chi connectivity index (χ4v) is 2.88. The number of anilines is 2. The number of nitrogens with one attached hydrogen (secondary N) is 2. The number of nitro groups is 1. The highest BCUT2D eigenvalue weighted by Crippen LogP contribution is 2.29. The van der Waals surface area contributed by atoms with Crippen LogP contribution in [0.5, 0.6) is 5.75 Å². The Kier molecular flexibility index (Phi) is 6.96. The molecule has 3 rings (SSSR count). The molecular weight excluding hydrogens is 414 g/mol. The van der Waals surface area contributed by atoms with E-state index in [9.17, 15) is 19.7 Å². The van der Waals surface area contributed by atoms with E-state index in [4.69, 9.17) is 10.5 Å². The second kappa shape index (κ2) is 10.0. The molecule has 0 bridgehead atoms. The largest absolute Gasteiger partial charge is 0.484 e. The van der Waals surface area contributed by atoms with Crippen LogP contribution in [0.1, 0.15) is 29.0 Å². The van der Waals surface area contributed by atoms with Crippen LogP contribution in [-0.2, 0) is 4.79 Å². The smallest absolute Gasteiger partial charge is 0.293 e. The molecule has 32 heavy (non-hydrogen) atoms. The highest BCUT2D eigenvalue weighted by molar-refractivity contribution is 6.05. The lowest BCUT2D eigenvalue weighted by atomic mass is 10.1. The second-order valence-electron chi connectivity index (χ2n) is 6.84. The number of hydrogen-bond donors (Lipinski definition) is 3. The van der Waals surface area contributed by atoms with Gasteiger partial charge in [-0.1, -0.05) is 6.07 Å². The van der Waals surface area contributed by atoms with Crippen LogP contribution in [0.25, 0.3) is 0 Å². The summed E-state index contributed by atoms with van der Waals surface area (Å²) in [6.07, 6.45) is 1.64. The van der Waals surface area contributed by atoms with Crippen molar-refractivity contribution in [3.8, 4) is 5.75 Å². The molecule has 0 spiro atoms. The number of nitrogens with zero attached hydrogens (tertiary/aromatic N) is 2. The lowest BCUT2D eigenvalue weighted by Crippen LogP contribution is -2.20. The summed E-state index contributed by atoms with van der Waals surface area (Å²) in [5.41, 5.74) is 6.39. The first kappa shape index (κ1) is 22.2. The Labute approximate surface area is 183 Å².